The van der Waals surface area contributed by atoms with E-state index in [4.69, 9.17) is 0 Å². The molecular weight excluding hydrogens is 332 g/mol. The van der Waals surface area contributed by atoms with Gasteiger partial charge in [-0.1, -0.05) is 44.0 Å². The molecule has 2 aromatic rings. The molecule has 84 valence electrons. The molecule has 2 rings (SSSR count). The van der Waals surface area contributed by atoms with E-state index in [9.17, 15) is 0 Å². The molecule has 1 aromatic carbocycles. The van der Waals surface area contributed by atoms with Gasteiger partial charge in [-0.3, -0.25) is 0 Å². The third kappa shape index (κ3) is 2.23. The number of alkyl halides is 1. The lowest BCUT2D eigenvalue weighted by molar-refractivity contribution is 0.959. The topological polar surface area (TPSA) is 16.1 Å². The number of fused-ring (bicyclic) bond motifs is 1. The Morgan fingerprint density at radius 2 is 2.06 bits per heavy atom. The number of aromatic nitrogens is 1. The zero-order valence-electron chi connectivity index (χ0n) is 8.95. The Balaban J connectivity index is 2.58. The number of halogens is 2. The molecule has 0 unspecified atom stereocenters. The molecule has 0 spiro atoms. The molecule has 4 heteroatoms. The van der Waals surface area contributed by atoms with Gasteiger partial charge in [0, 0.05) is 40.4 Å². The molecule has 0 aliphatic carbocycles. The summed E-state index contributed by atoms with van der Waals surface area (Å²) in [6.45, 7) is 0.943. The monoisotopic (exact) mass is 342 g/mol. The second kappa shape index (κ2) is 5.15. The van der Waals surface area contributed by atoms with Crippen LogP contribution in [0.25, 0.3) is 10.8 Å². The van der Waals surface area contributed by atoms with Gasteiger partial charge in [0.1, 0.15) is 5.82 Å². The lowest BCUT2D eigenvalue weighted by atomic mass is 10.1. The van der Waals surface area contributed by atoms with Crippen molar-refractivity contribution in [2.45, 2.75) is 0 Å². The minimum atomic E-state index is 0.940. The van der Waals surface area contributed by atoms with Gasteiger partial charge < -0.3 is 4.90 Å². The average Bonchev–Trinajstić information content (AvgIpc) is 2.29. The fraction of sp³-hybridized carbons (Fsp3) is 0.250. The highest BCUT2D eigenvalue weighted by atomic mass is 79.9. The van der Waals surface area contributed by atoms with Crippen molar-refractivity contribution in [1.82, 2.24) is 4.98 Å². The van der Waals surface area contributed by atoms with Crippen LogP contribution in [0.4, 0.5) is 5.82 Å². The molecule has 0 aliphatic rings. The van der Waals surface area contributed by atoms with Gasteiger partial charge >= 0.3 is 0 Å². The lowest BCUT2D eigenvalue weighted by Gasteiger charge is -2.18. The first kappa shape index (κ1) is 11.9. The van der Waals surface area contributed by atoms with Crippen LogP contribution in [0.2, 0.25) is 0 Å². The third-order valence-corrected chi connectivity index (χ3v) is 3.56. The summed E-state index contributed by atoms with van der Waals surface area (Å²) in [5.41, 5.74) is 0. The van der Waals surface area contributed by atoms with Crippen LogP contribution in [0.1, 0.15) is 0 Å². The maximum Gasteiger partial charge on any atom is 0.136 e. The van der Waals surface area contributed by atoms with E-state index in [0.29, 0.717) is 0 Å². The maximum absolute atomic E-state index is 4.45. The molecule has 1 heterocycles. The smallest absolute Gasteiger partial charge is 0.136 e. The van der Waals surface area contributed by atoms with Gasteiger partial charge in [-0.25, -0.2) is 4.98 Å². The van der Waals surface area contributed by atoms with Crippen LogP contribution in [0.15, 0.2) is 34.9 Å². The lowest BCUT2D eigenvalue weighted by Crippen LogP contribution is -2.20. The Bertz CT molecular complexity index is 499. The van der Waals surface area contributed by atoms with Crippen LogP contribution in [0, 0.1) is 0 Å². The average molecular weight is 344 g/mol. The van der Waals surface area contributed by atoms with E-state index in [1.807, 2.05) is 18.3 Å². The van der Waals surface area contributed by atoms with E-state index in [1.54, 1.807) is 0 Å². The van der Waals surface area contributed by atoms with Crippen LogP contribution in [0.5, 0.6) is 0 Å². The highest BCUT2D eigenvalue weighted by Crippen LogP contribution is 2.29. The number of rotatable bonds is 3. The molecule has 0 atom stereocenters. The first-order chi connectivity index (χ1) is 7.74. The van der Waals surface area contributed by atoms with E-state index in [2.05, 4.69) is 60.9 Å². The van der Waals surface area contributed by atoms with Crippen molar-refractivity contribution >= 4 is 48.5 Å². The van der Waals surface area contributed by atoms with E-state index < -0.39 is 0 Å². The number of benzene rings is 1. The molecule has 0 saturated heterocycles. The van der Waals surface area contributed by atoms with Crippen molar-refractivity contribution in [2.24, 2.45) is 0 Å². The second-order valence-corrected chi connectivity index (χ2v) is 5.23. The first-order valence-corrected chi connectivity index (χ1v) is 6.96. The maximum atomic E-state index is 4.45. The Labute approximate surface area is 112 Å². The van der Waals surface area contributed by atoms with Crippen LogP contribution in [0.3, 0.4) is 0 Å². The summed E-state index contributed by atoms with van der Waals surface area (Å²) in [5.74, 6) is 1.03. The van der Waals surface area contributed by atoms with Gasteiger partial charge in [0.2, 0.25) is 0 Å². The van der Waals surface area contributed by atoms with E-state index >= 15 is 0 Å². The van der Waals surface area contributed by atoms with Gasteiger partial charge in [0.15, 0.2) is 0 Å². The molecule has 16 heavy (non-hydrogen) atoms. The van der Waals surface area contributed by atoms with Crippen LogP contribution >= 0.6 is 31.9 Å². The van der Waals surface area contributed by atoms with Gasteiger partial charge in [0.25, 0.3) is 0 Å². The predicted octanol–water partition coefficient (Wildman–Crippen LogP) is 3.83. The van der Waals surface area contributed by atoms with Gasteiger partial charge in [-0.05, 0) is 12.1 Å². The standard InChI is InChI=1S/C12H12Br2N2/c1-16(8-6-13)12-10-3-2-4-11(14)9(10)5-7-15-12/h2-5,7H,6,8H2,1H3. The summed E-state index contributed by atoms with van der Waals surface area (Å²) in [4.78, 5) is 6.61. The summed E-state index contributed by atoms with van der Waals surface area (Å²) in [6.07, 6.45) is 1.85. The summed E-state index contributed by atoms with van der Waals surface area (Å²) >= 11 is 7.01. The zero-order chi connectivity index (χ0) is 11.5. The minimum absolute atomic E-state index is 0.940. The number of pyridine rings is 1. The third-order valence-electron chi connectivity index (χ3n) is 2.51. The van der Waals surface area contributed by atoms with E-state index in [-0.39, 0.29) is 0 Å². The van der Waals surface area contributed by atoms with Crippen molar-refractivity contribution < 1.29 is 0 Å². The fourth-order valence-electron chi connectivity index (χ4n) is 1.69. The fourth-order valence-corrected chi connectivity index (χ4v) is 2.72. The molecule has 0 amide bonds. The molecule has 0 bridgehead atoms. The minimum Gasteiger partial charge on any atom is -0.358 e. The second-order valence-electron chi connectivity index (χ2n) is 3.58. The Morgan fingerprint density at radius 1 is 1.25 bits per heavy atom. The van der Waals surface area contributed by atoms with Crippen molar-refractivity contribution in [3.05, 3.63) is 34.9 Å². The number of nitrogens with zero attached hydrogens (tertiary/aromatic N) is 2. The highest BCUT2D eigenvalue weighted by molar-refractivity contribution is 9.10. The Morgan fingerprint density at radius 3 is 2.81 bits per heavy atom. The van der Waals surface area contributed by atoms with E-state index in [1.165, 1.54) is 10.8 Å². The quantitative estimate of drug-likeness (QED) is 0.787. The molecule has 2 nitrogen and oxygen atoms in total. The predicted molar refractivity (Wildman–Crippen MR) is 76.5 cm³/mol. The summed E-state index contributed by atoms with van der Waals surface area (Å²) in [6, 6.07) is 8.23. The molecule has 0 radical (unpaired) electrons. The molecular formula is C12H12Br2N2. The van der Waals surface area contributed by atoms with Crippen molar-refractivity contribution in [1.29, 1.82) is 0 Å². The molecule has 0 saturated carbocycles. The Kier molecular flexibility index (Phi) is 3.82. The summed E-state index contributed by atoms with van der Waals surface area (Å²) < 4.78 is 1.11. The molecule has 0 fully saturated rings. The van der Waals surface area contributed by atoms with E-state index in [0.717, 1.165) is 22.2 Å². The molecule has 1 aromatic heterocycles. The highest BCUT2D eigenvalue weighted by Gasteiger charge is 2.07. The van der Waals surface area contributed by atoms with Crippen LogP contribution < -0.4 is 4.90 Å². The Hall–Kier alpha value is -0.610. The van der Waals surface area contributed by atoms with Gasteiger partial charge in [0.05, 0.1) is 0 Å². The van der Waals surface area contributed by atoms with Gasteiger partial charge in [-0.2, -0.15) is 0 Å². The van der Waals surface area contributed by atoms with Gasteiger partial charge in [-0.15, -0.1) is 0 Å². The SMILES string of the molecule is CN(CCBr)c1nccc2c(Br)cccc12. The van der Waals surface area contributed by atoms with Crippen LogP contribution in [-0.2, 0) is 0 Å². The normalized spacial score (nSPS) is 10.7. The van der Waals surface area contributed by atoms with Crippen molar-refractivity contribution in [3.8, 4) is 0 Å². The largest absolute Gasteiger partial charge is 0.358 e. The van der Waals surface area contributed by atoms with Crippen molar-refractivity contribution in [2.75, 3.05) is 23.8 Å². The number of hydrogen-bond acceptors (Lipinski definition) is 2. The summed E-state index contributed by atoms with van der Waals surface area (Å²) in [7, 11) is 2.06. The number of hydrogen-bond donors (Lipinski definition) is 0. The number of anilines is 1. The summed E-state index contributed by atoms with van der Waals surface area (Å²) in [5, 5.41) is 3.32. The van der Waals surface area contributed by atoms with Crippen molar-refractivity contribution in [3.63, 3.8) is 0 Å². The zero-order valence-corrected chi connectivity index (χ0v) is 12.1. The molecule has 0 N–H and O–H groups in total. The van der Waals surface area contributed by atoms with Crippen LogP contribution in [-0.4, -0.2) is 23.9 Å². The molecule has 0 aliphatic heterocycles. The first-order valence-electron chi connectivity index (χ1n) is 5.04.